The van der Waals surface area contributed by atoms with E-state index in [0.717, 1.165) is 12.2 Å². The fourth-order valence-electron chi connectivity index (χ4n) is 1.91. The largest absolute Gasteiger partial charge is 0.384 e. The van der Waals surface area contributed by atoms with Crippen LogP contribution in [0.15, 0.2) is 18.3 Å². The van der Waals surface area contributed by atoms with E-state index >= 15 is 0 Å². The fourth-order valence-corrected chi connectivity index (χ4v) is 3.11. The molecule has 1 aliphatic rings. The Morgan fingerprint density at radius 3 is 2.58 bits per heavy atom. The number of carbonyl (C=O) groups excluding carboxylic acids is 1. The zero-order chi connectivity index (χ0) is 13.9. The first kappa shape index (κ1) is 13.8. The molecule has 1 saturated heterocycles. The van der Waals surface area contributed by atoms with Crippen LogP contribution in [0.2, 0.25) is 0 Å². The van der Waals surface area contributed by atoms with Crippen molar-refractivity contribution in [3.8, 4) is 0 Å². The number of nitrogens with one attached hydrogen (secondary N) is 1. The summed E-state index contributed by atoms with van der Waals surface area (Å²) >= 11 is 0. The van der Waals surface area contributed by atoms with E-state index in [4.69, 9.17) is 0 Å². The summed E-state index contributed by atoms with van der Waals surface area (Å²) in [4.78, 5) is 17.8. The van der Waals surface area contributed by atoms with Crippen molar-refractivity contribution >= 4 is 21.4 Å². The monoisotopic (exact) mass is 283 g/mol. The van der Waals surface area contributed by atoms with Gasteiger partial charge in [-0.05, 0) is 19.1 Å². The van der Waals surface area contributed by atoms with Crippen LogP contribution in [0.1, 0.15) is 17.4 Å². The van der Waals surface area contributed by atoms with Crippen molar-refractivity contribution in [3.63, 3.8) is 0 Å². The lowest BCUT2D eigenvalue weighted by atomic mass is 10.3. The number of sulfone groups is 1. The van der Waals surface area contributed by atoms with Crippen molar-refractivity contribution in [2.24, 2.45) is 0 Å². The highest BCUT2D eigenvalue weighted by Crippen LogP contribution is 2.11. The van der Waals surface area contributed by atoms with E-state index in [9.17, 15) is 13.2 Å². The third kappa shape index (κ3) is 3.44. The number of hydrogen-bond acceptors (Lipinski definition) is 5. The van der Waals surface area contributed by atoms with Gasteiger partial charge in [-0.3, -0.25) is 4.79 Å². The molecule has 0 aliphatic carbocycles. The van der Waals surface area contributed by atoms with Crippen LogP contribution in [0, 0.1) is 0 Å². The summed E-state index contributed by atoms with van der Waals surface area (Å²) in [6, 6.07) is 3.45. The lowest BCUT2D eigenvalue weighted by Crippen LogP contribution is -2.43. The normalized spacial score (nSPS) is 18.1. The molecule has 0 atom stereocenters. The van der Waals surface area contributed by atoms with Gasteiger partial charge < -0.3 is 10.2 Å². The van der Waals surface area contributed by atoms with E-state index in [0.29, 0.717) is 5.69 Å². The zero-order valence-electron chi connectivity index (χ0n) is 10.8. The van der Waals surface area contributed by atoms with Crippen LogP contribution in [-0.4, -0.2) is 55.3 Å². The quantitative estimate of drug-likeness (QED) is 0.867. The number of nitrogens with zero attached hydrogens (tertiary/aromatic N) is 2. The van der Waals surface area contributed by atoms with Gasteiger partial charge in [-0.2, -0.15) is 0 Å². The summed E-state index contributed by atoms with van der Waals surface area (Å²) in [7, 11) is -2.97. The molecule has 1 fully saturated rings. The van der Waals surface area contributed by atoms with E-state index in [1.807, 2.05) is 6.92 Å². The molecule has 6 nitrogen and oxygen atoms in total. The van der Waals surface area contributed by atoms with Gasteiger partial charge >= 0.3 is 0 Å². The van der Waals surface area contributed by atoms with Gasteiger partial charge in [-0.25, -0.2) is 13.4 Å². The molecule has 0 spiro atoms. The van der Waals surface area contributed by atoms with Gasteiger partial charge in [-0.1, -0.05) is 0 Å². The molecule has 0 saturated carbocycles. The Balaban J connectivity index is 2.04. The number of hydrogen-bond donors (Lipinski definition) is 1. The van der Waals surface area contributed by atoms with Gasteiger partial charge in [0.25, 0.3) is 5.91 Å². The first-order valence-corrected chi connectivity index (χ1v) is 8.03. The van der Waals surface area contributed by atoms with Crippen molar-refractivity contribution in [1.82, 2.24) is 9.88 Å². The van der Waals surface area contributed by atoms with Crippen molar-refractivity contribution in [3.05, 3.63) is 24.0 Å². The number of rotatable bonds is 3. The molecular formula is C12H17N3O3S. The molecule has 0 unspecified atom stereocenters. The topological polar surface area (TPSA) is 79.4 Å². The summed E-state index contributed by atoms with van der Waals surface area (Å²) in [5, 5.41) is 3.10. The minimum atomic E-state index is -2.97. The van der Waals surface area contributed by atoms with Crippen molar-refractivity contribution in [1.29, 1.82) is 0 Å². The maximum absolute atomic E-state index is 12.1. The van der Waals surface area contributed by atoms with E-state index in [2.05, 4.69) is 10.3 Å². The Labute approximate surface area is 112 Å². The molecule has 1 aliphatic heterocycles. The summed E-state index contributed by atoms with van der Waals surface area (Å²) in [5.74, 6) is -0.138. The second kappa shape index (κ2) is 5.56. The van der Waals surface area contributed by atoms with Crippen LogP contribution in [0.25, 0.3) is 0 Å². The minimum Gasteiger partial charge on any atom is -0.384 e. The predicted molar refractivity (Wildman–Crippen MR) is 73.0 cm³/mol. The van der Waals surface area contributed by atoms with Gasteiger partial charge in [0.15, 0.2) is 9.84 Å². The highest BCUT2D eigenvalue weighted by molar-refractivity contribution is 7.91. The molecule has 1 aromatic heterocycles. The van der Waals surface area contributed by atoms with Crippen LogP contribution < -0.4 is 5.32 Å². The van der Waals surface area contributed by atoms with Gasteiger partial charge in [0.05, 0.1) is 23.4 Å². The summed E-state index contributed by atoms with van der Waals surface area (Å²) < 4.78 is 22.6. The Morgan fingerprint density at radius 1 is 1.37 bits per heavy atom. The first-order valence-electron chi connectivity index (χ1n) is 6.21. The van der Waals surface area contributed by atoms with E-state index < -0.39 is 9.84 Å². The highest BCUT2D eigenvalue weighted by Gasteiger charge is 2.26. The van der Waals surface area contributed by atoms with Gasteiger partial charge in [0.2, 0.25) is 0 Å². The summed E-state index contributed by atoms with van der Waals surface area (Å²) in [6.45, 7) is 3.27. The average Bonchev–Trinajstić information content (AvgIpc) is 2.39. The maximum Gasteiger partial charge on any atom is 0.272 e. The van der Waals surface area contributed by atoms with Crippen LogP contribution in [0.5, 0.6) is 0 Å². The SMILES string of the molecule is CCNc1ccc(C(=O)N2CCS(=O)(=O)CC2)nc1. The number of pyridine rings is 1. The van der Waals surface area contributed by atoms with Crippen molar-refractivity contribution in [2.45, 2.75) is 6.92 Å². The summed E-state index contributed by atoms with van der Waals surface area (Å²) in [6.07, 6.45) is 1.61. The van der Waals surface area contributed by atoms with Crippen LogP contribution in [0.3, 0.4) is 0 Å². The number of amides is 1. The maximum atomic E-state index is 12.1. The second-order valence-electron chi connectivity index (χ2n) is 4.41. The van der Waals surface area contributed by atoms with Crippen LogP contribution in [-0.2, 0) is 9.84 Å². The molecule has 0 radical (unpaired) electrons. The molecule has 1 amide bonds. The Morgan fingerprint density at radius 2 is 2.05 bits per heavy atom. The number of anilines is 1. The van der Waals surface area contributed by atoms with E-state index in [-0.39, 0.29) is 30.5 Å². The molecule has 2 rings (SSSR count). The predicted octanol–water partition coefficient (Wildman–Crippen LogP) is 0.384. The van der Waals surface area contributed by atoms with Crippen LogP contribution >= 0.6 is 0 Å². The van der Waals surface area contributed by atoms with Gasteiger partial charge in [0.1, 0.15) is 5.69 Å². The molecule has 2 heterocycles. The molecule has 19 heavy (non-hydrogen) atoms. The summed E-state index contributed by atoms with van der Waals surface area (Å²) in [5.41, 5.74) is 1.21. The Hall–Kier alpha value is -1.63. The fraction of sp³-hybridized carbons (Fsp3) is 0.500. The number of aromatic nitrogens is 1. The smallest absolute Gasteiger partial charge is 0.272 e. The molecule has 7 heteroatoms. The standard InChI is InChI=1S/C12H17N3O3S/c1-2-13-10-3-4-11(14-9-10)12(16)15-5-7-19(17,18)8-6-15/h3-4,9,13H,2,5-8H2,1H3. The van der Waals surface area contributed by atoms with Crippen LogP contribution in [0.4, 0.5) is 5.69 Å². The van der Waals surface area contributed by atoms with Crippen molar-refractivity contribution in [2.75, 3.05) is 36.5 Å². The molecule has 0 aromatic carbocycles. The van der Waals surface area contributed by atoms with E-state index in [1.54, 1.807) is 18.3 Å². The molecule has 1 N–H and O–H groups in total. The molecule has 104 valence electrons. The third-order valence-corrected chi connectivity index (χ3v) is 4.60. The van der Waals surface area contributed by atoms with Gasteiger partial charge in [0, 0.05) is 19.6 Å². The van der Waals surface area contributed by atoms with Crippen molar-refractivity contribution < 1.29 is 13.2 Å². The van der Waals surface area contributed by atoms with Gasteiger partial charge in [-0.15, -0.1) is 0 Å². The lowest BCUT2D eigenvalue weighted by molar-refractivity contribution is 0.0764. The third-order valence-electron chi connectivity index (χ3n) is 3.00. The average molecular weight is 283 g/mol. The molecule has 0 bridgehead atoms. The van der Waals surface area contributed by atoms with E-state index in [1.165, 1.54) is 4.90 Å². The lowest BCUT2D eigenvalue weighted by Gasteiger charge is -2.26. The first-order chi connectivity index (χ1) is 9.02. The molecule has 1 aromatic rings. The molecular weight excluding hydrogens is 266 g/mol. The minimum absolute atomic E-state index is 0.0359. The Bertz CT molecular complexity index is 540. The Kier molecular flexibility index (Phi) is 4.04. The zero-order valence-corrected chi connectivity index (χ0v) is 11.6. The number of carbonyl (C=O) groups is 1. The second-order valence-corrected chi connectivity index (χ2v) is 6.71. The highest BCUT2D eigenvalue weighted by atomic mass is 32.2.